The highest BCUT2D eigenvalue weighted by Crippen LogP contribution is 2.22. The largest absolute Gasteiger partial charge is 0.486 e. The number of hydrogen-bond donors (Lipinski definition) is 3. The van der Waals surface area contributed by atoms with Crippen molar-refractivity contribution >= 4 is 40.6 Å². The highest BCUT2D eigenvalue weighted by atomic mass is 35.5. The first kappa shape index (κ1) is 25.0. The minimum absolute atomic E-state index is 0.150. The molecule has 9 heteroatoms. The number of anilines is 1. The molecule has 1 aliphatic carbocycles. The van der Waals surface area contributed by atoms with Crippen LogP contribution in [-0.2, 0) is 6.61 Å². The molecule has 3 N–H and O–H groups in total. The van der Waals surface area contributed by atoms with Gasteiger partial charge in [-0.15, -0.1) is 11.3 Å². The van der Waals surface area contributed by atoms with Crippen molar-refractivity contribution in [2.75, 3.05) is 5.32 Å². The Kier molecular flexibility index (Phi) is 8.25. The van der Waals surface area contributed by atoms with E-state index in [1.807, 2.05) is 32.0 Å². The van der Waals surface area contributed by atoms with Crippen LogP contribution in [-0.4, -0.2) is 29.0 Å². The average molecular weight is 513 g/mol. The van der Waals surface area contributed by atoms with Crippen molar-refractivity contribution in [2.45, 2.75) is 58.2 Å². The molecule has 7 nitrogen and oxygen atoms in total. The standard InChI is InChI=1S/C26H29ClN4O3S/c1-16-6-5-7-17(2)24(16)31-26(33)30-21-9-4-3-8-20(21)29-25(32)22-15-35-23(28-22)14-34-19-12-10-18(27)11-13-19/h5-7,10-13,15,20-21H,3-4,8-9,14H2,1-2H3,(H,29,32)(H2,30,31,33)/t20-,21-/m0/s1. The van der Waals surface area contributed by atoms with E-state index in [0.717, 1.165) is 42.5 Å². The molecule has 3 aromatic rings. The van der Waals surface area contributed by atoms with Gasteiger partial charge in [0.25, 0.3) is 5.91 Å². The number of amides is 3. The highest BCUT2D eigenvalue weighted by Gasteiger charge is 2.29. The third kappa shape index (κ3) is 6.74. The minimum atomic E-state index is -0.260. The number of carbonyl (C=O) groups is 2. The molecule has 1 heterocycles. The molecule has 2 atom stereocenters. The summed E-state index contributed by atoms with van der Waals surface area (Å²) in [5.74, 6) is 0.443. The molecular formula is C26H29ClN4O3S. The lowest BCUT2D eigenvalue weighted by Crippen LogP contribution is -2.54. The number of hydrogen-bond acceptors (Lipinski definition) is 5. The molecule has 0 unspecified atom stereocenters. The highest BCUT2D eigenvalue weighted by molar-refractivity contribution is 7.09. The van der Waals surface area contributed by atoms with Crippen LogP contribution >= 0.6 is 22.9 Å². The minimum Gasteiger partial charge on any atom is -0.486 e. The number of benzene rings is 2. The first-order valence-corrected chi connectivity index (χ1v) is 12.9. The number of ether oxygens (including phenoxy) is 1. The van der Waals surface area contributed by atoms with E-state index in [4.69, 9.17) is 16.3 Å². The molecule has 0 bridgehead atoms. The van der Waals surface area contributed by atoms with Crippen LogP contribution in [0, 0.1) is 13.8 Å². The van der Waals surface area contributed by atoms with E-state index >= 15 is 0 Å². The smallest absolute Gasteiger partial charge is 0.319 e. The second-order valence-corrected chi connectivity index (χ2v) is 10.1. The maximum atomic E-state index is 12.9. The zero-order chi connectivity index (χ0) is 24.8. The number of nitrogens with one attached hydrogen (secondary N) is 3. The van der Waals surface area contributed by atoms with Crippen molar-refractivity contribution in [2.24, 2.45) is 0 Å². The molecule has 1 aliphatic rings. The molecule has 1 saturated carbocycles. The summed E-state index contributed by atoms with van der Waals surface area (Å²) < 4.78 is 5.72. The summed E-state index contributed by atoms with van der Waals surface area (Å²) in [5, 5.41) is 12.2. The normalized spacial score (nSPS) is 17.5. The monoisotopic (exact) mass is 512 g/mol. The molecule has 0 spiro atoms. The van der Waals surface area contributed by atoms with Gasteiger partial charge in [-0.25, -0.2) is 9.78 Å². The number of aromatic nitrogens is 1. The number of halogens is 1. The molecule has 0 saturated heterocycles. The fourth-order valence-corrected chi connectivity index (χ4v) is 5.02. The number of aryl methyl sites for hydroxylation is 2. The number of carbonyl (C=O) groups excluding carboxylic acids is 2. The summed E-state index contributed by atoms with van der Waals surface area (Å²) in [7, 11) is 0. The number of rotatable bonds is 7. The van der Waals surface area contributed by atoms with Gasteiger partial charge < -0.3 is 20.7 Å². The van der Waals surface area contributed by atoms with Crippen LogP contribution in [0.25, 0.3) is 0 Å². The van der Waals surface area contributed by atoms with Gasteiger partial charge in [-0.1, -0.05) is 42.6 Å². The second kappa shape index (κ2) is 11.6. The predicted octanol–water partition coefficient (Wildman–Crippen LogP) is 5.86. The Labute approximate surface area is 214 Å². The molecule has 2 aromatic carbocycles. The van der Waals surface area contributed by atoms with E-state index in [1.54, 1.807) is 29.6 Å². The van der Waals surface area contributed by atoms with Gasteiger partial charge >= 0.3 is 6.03 Å². The van der Waals surface area contributed by atoms with Crippen LogP contribution in [0.15, 0.2) is 47.8 Å². The Balaban J connectivity index is 1.32. The van der Waals surface area contributed by atoms with E-state index in [-0.39, 0.29) is 30.6 Å². The summed E-state index contributed by atoms with van der Waals surface area (Å²) in [6.07, 6.45) is 3.61. The van der Waals surface area contributed by atoms with Gasteiger partial charge in [0.15, 0.2) is 0 Å². The van der Waals surface area contributed by atoms with Gasteiger partial charge in [-0.05, 0) is 62.1 Å². The Morgan fingerprint density at radius 3 is 2.37 bits per heavy atom. The summed E-state index contributed by atoms with van der Waals surface area (Å²) >= 11 is 7.27. The van der Waals surface area contributed by atoms with E-state index in [9.17, 15) is 9.59 Å². The Hall–Kier alpha value is -3.10. The average Bonchev–Trinajstić information content (AvgIpc) is 3.32. The SMILES string of the molecule is Cc1cccc(C)c1NC(=O)N[C@H]1CCCC[C@@H]1NC(=O)c1csc(COc2ccc(Cl)cc2)n1. The molecule has 35 heavy (non-hydrogen) atoms. The van der Waals surface area contributed by atoms with E-state index in [0.29, 0.717) is 21.5 Å². The lowest BCUT2D eigenvalue weighted by molar-refractivity contribution is 0.0911. The quantitative estimate of drug-likeness (QED) is 0.370. The maximum Gasteiger partial charge on any atom is 0.319 e. The third-order valence-corrected chi connectivity index (χ3v) is 7.15. The van der Waals surface area contributed by atoms with Crippen molar-refractivity contribution in [1.82, 2.24) is 15.6 Å². The van der Waals surface area contributed by atoms with Crippen LogP contribution in [0.5, 0.6) is 5.75 Å². The zero-order valence-electron chi connectivity index (χ0n) is 19.8. The summed E-state index contributed by atoms with van der Waals surface area (Å²) in [4.78, 5) is 30.1. The predicted molar refractivity (Wildman–Crippen MR) is 139 cm³/mol. The fraction of sp³-hybridized carbons (Fsp3) is 0.346. The van der Waals surface area contributed by atoms with E-state index in [1.165, 1.54) is 11.3 Å². The van der Waals surface area contributed by atoms with Crippen molar-refractivity contribution in [3.8, 4) is 5.75 Å². The second-order valence-electron chi connectivity index (χ2n) is 8.71. The summed E-state index contributed by atoms with van der Waals surface area (Å²) in [6, 6.07) is 12.4. The molecular weight excluding hydrogens is 484 g/mol. The van der Waals surface area contributed by atoms with Crippen LogP contribution < -0.4 is 20.7 Å². The first-order valence-electron chi connectivity index (χ1n) is 11.7. The summed E-state index contributed by atoms with van der Waals surface area (Å²) in [5.41, 5.74) is 3.19. The molecule has 184 valence electrons. The van der Waals surface area contributed by atoms with Crippen molar-refractivity contribution in [3.63, 3.8) is 0 Å². The van der Waals surface area contributed by atoms with Crippen LogP contribution in [0.1, 0.15) is 52.3 Å². The van der Waals surface area contributed by atoms with Gasteiger partial charge in [0.2, 0.25) is 0 Å². The fourth-order valence-electron chi connectivity index (χ4n) is 4.21. The topological polar surface area (TPSA) is 92.4 Å². The third-order valence-electron chi connectivity index (χ3n) is 6.08. The molecule has 1 aromatic heterocycles. The number of nitrogens with zero attached hydrogens (tertiary/aromatic N) is 1. The van der Waals surface area contributed by atoms with Gasteiger partial charge in [0, 0.05) is 22.1 Å². The van der Waals surface area contributed by atoms with Crippen LogP contribution in [0.4, 0.5) is 10.5 Å². The number of urea groups is 1. The molecule has 4 rings (SSSR count). The van der Waals surface area contributed by atoms with Crippen LogP contribution in [0.2, 0.25) is 5.02 Å². The molecule has 0 radical (unpaired) electrons. The molecule has 3 amide bonds. The summed E-state index contributed by atoms with van der Waals surface area (Å²) in [6.45, 7) is 4.20. The van der Waals surface area contributed by atoms with Crippen molar-refractivity contribution in [1.29, 1.82) is 0 Å². The zero-order valence-corrected chi connectivity index (χ0v) is 21.3. The maximum absolute atomic E-state index is 12.9. The van der Waals surface area contributed by atoms with Crippen molar-refractivity contribution in [3.05, 3.63) is 74.7 Å². The Morgan fingerprint density at radius 1 is 1.03 bits per heavy atom. The number of para-hydroxylation sites is 1. The van der Waals surface area contributed by atoms with Crippen LogP contribution in [0.3, 0.4) is 0 Å². The van der Waals surface area contributed by atoms with Gasteiger partial charge in [0.1, 0.15) is 23.1 Å². The van der Waals surface area contributed by atoms with E-state index in [2.05, 4.69) is 20.9 Å². The van der Waals surface area contributed by atoms with Gasteiger partial charge in [0.05, 0.1) is 6.04 Å². The van der Waals surface area contributed by atoms with Gasteiger partial charge in [-0.3, -0.25) is 4.79 Å². The van der Waals surface area contributed by atoms with E-state index < -0.39 is 0 Å². The lowest BCUT2D eigenvalue weighted by atomic mass is 9.90. The van der Waals surface area contributed by atoms with Crippen molar-refractivity contribution < 1.29 is 14.3 Å². The lowest BCUT2D eigenvalue weighted by Gasteiger charge is -2.32. The molecule has 1 fully saturated rings. The molecule has 0 aliphatic heterocycles. The first-order chi connectivity index (χ1) is 16.9. The Morgan fingerprint density at radius 2 is 1.69 bits per heavy atom. The number of thiazole rings is 1. The Bertz CT molecular complexity index is 1160. The van der Waals surface area contributed by atoms with Gasteiger partial charge in [-0.2, -0.15) is 0 Å².